The SMILES string of the molecule is CCCCCCCc1ccc(OC(=O)c2ccc(-c3ccc(OCC(F)CCCCC)cc3)cc2)cc1. The number of aryl methyl sites for hydroxylation is 1. The predicted octanol–water partition coefficient (Wildman–Crippen LogP) is 9.38. The van der Waals surface area contributed by atoms with Crippen LogP contribution in [0.5, 0.6) is 11.5 Å². The van der Waals surface area contributed by atoms with Crippen LogP contribution in [-0.4, -0.2) is 18.7 Å². The second kappa shape index (κ2) is 15.9. The van der Waals surface area contributed by atoms with Gasteiger partial charge in [-0.2, -0.15) is 0 Å². The van der Waals surface area contributed by atoms with Crippen molar-refractivity contribution in [1.82, 2.24) is 0 Å². The standard InChI is InChI=1S/C33H41FO3/c1-3-5-7-8-10-11-26-13-21-32(22-14-26)37-33(35)29-17-15-27(16-18-29)28-19-23-31(24-20-28)36-25-30(34)12-9-6-4-2/h13-24,30H,3-12,25H2,1-2H3. The van der Waals surface area contributed by atoms with E-state index in [1.807, 2.05) is 60.7 Å². The Morgan fingerprint density at radius 3 is 1.92 bits per heavy atom. The van der Waals surface area contributed by atoms with E-state index in [0.29, 0.717) is 23.5 Å². The number of hydrogen-bond acceptors (Lipinski definition) is 3. The molecule has 0 fully saturated rings. The van der Waals surface area contributed by atoms with Crippen LogP contribution in [0.4, 0.5) is 4.39 Å². The van der Waals surface area contributed by atoms with Gasteiger partial charge in [-0.1, -0.05) is 95.2 Å². The molecule has 1 atom stereocenters. The monoisotopic (exact) mass is 504 g/mol. The Morgan fingerprint density at radius 2 is 1.27 bits per heavy atom. The van der Waals surface area contributed by atoms with Gasteiger partial charge in [-0.05, 0) is 72.4 Å². The van der Waals surface area contributed by atoms with E-state index in [2.05, 4.69) is 13.8 Å². The predicted molar refractivity (Wildman–Crippen MR) is 150 cm³/mol. The second-order valence-electron chi connectivity index (χ2n) is 9.70. The van der Waals surface area contributed by atoms with Gasteiger partial charge in [0.2, 0.25) is 0 Å². The van der Waals surface area contributed by atoms with Crippen molar-refractivity contribution in [2.24, 2.45) is 0 Å². The molecule has 3 aromatic carbocycles. The lowest BCUT2D eigenvalue weighted by molar-refractivity contribution is 0.0734. The molecular weight excluding hydrogens is 463 g/mol. The highest BCUT2D eigenvalue weighted by Crippen LogP contribution is 2.24. The van der Waals surface area contributed by atoms with E-state index >= 15 is 0 Å². The van der Waals surface area contributed by atoms with E-state index in [0.717, 1.165) is 36.8 Å². The third-order valence-corrected chi connectivity index (χ3v) is 6.56. The van der Waals surface area contributed by atoms with Crippen LogP contribution in [-0.2, 0) is 6.42 Å². The van der Waals surface area contributed by atoms with Gasteiger partial charge in [0.15, 0.2) is 0 Å². The van der Waals surface area contributed by atoms with E-state index in [1.54, 1.807) is 12.1 Å². The van der Waals surface area contributed by atoms with E-state index in [1.165, 1.54) is 37.7 Å². The van der Waals surface area contributed by atoms with Crippen molar-refractivity contribution < 1.29 is 18.7 Å². The number of esters is 1. The van der Waals surface area contributed by atoms with E-state index in [4.69, 9.17) is 9.47 Å². The van der Waals surface area contributed by atoms with Crippen LogP contribution >= 0.6 is 0 Å². The Bertz CT molecular complexity index is 1040. The summed E-state index contributed by atoms with van der Waals surface area (Å²) >= 11 is 0. The van der Waals surface area contributed by atoms with Crippen LogP contribution in [0.1, 0.15) is 87.6 Å². The minimum Gasteiger partial charge on any atom is -0.491 e. The van der Waals surface area contributed by atoms with E-state index < -0.39 is 6.17 Å². The van der Waals surface area contributed by atoms with Gasteiger partial charge in [0, 0.05) is 0 Å². The molecule has 3 rings (SSSR count). The highest BCUT2D eigenvalue weighted by atomic mass is 19.1. The van der Waals surface area contributed by atoms with Gasteiger partial charge in [0.1, 0.15) is 24.3 Å². The van der Waals surface area contributed by atoms with Crippen LogP contribution in [0.25, 0.3) is 11.1 Å². The van der Waals surface area contributed by atoms with Crippen LogP contribution < -0.4 is 9.47 Å². The first kappa shape index (κ1) is 28.4. The first-order valence-corrected chi connectivity index (χ1v) is 13.9. The lowest BCUT2D eigenvalue weighted by Crippen LogP contribution is -2.12. The number of alkyl halides is 1. The Hall–Kier alpha value is -3.14. The topological polar surface area (TPSA) is 35.5 Å². The molecule has 0 aliphatic heterocycles. The molecule has 4 heteroatoms. The smallest absolute Gasteiger partial charge is 0.343 e. The largest absolute Gasteiger partial charge is 0.491 e. The summed E-state index contributed by atoms with van der Waals surface area (Å²) in [5, 5.41) is 0. The van der Waals surface area contributed by atoms with Crippen molar-refractivity contribution in [3.63, 3.8) is 0 Å². The fourth-order valence-corrected chi connectivity index (χ4v) is 4.25. The number of rotatable bonds is 16. The van der Waals surface area contributed by atoms with Crippen LogP contribution in [0.15, 0.2) is 72.8 Å². The van der Waals surface area contributed by atoms with Gasteiger partial charge in [-0.15, -0.1) is 0 Å². The molecule has 0 aliphatic rings. The Morgan fingerprint density at radius 1 is 0.703 bits per heavy atom. The summed E-state index contributed by atoms with van der Waals surface area (Å²) in [6.07, 6.45) is 10.0. The fourth-order valence-electron chi connectivity index (χ4n) is 4.25. The van der Waals surface area contributed by atoms with Gasteiger partial charge < -0.3 is 9.47 Å². The molecule has 0 bridgehead atoms. The summed E-state index contributed by atoms with van der Waals surface area (Å²) in [4.78, 5) is 12.6. The number of ether oxygens (including phenoxy) is 2. The summed E-state index contributed by atoms with van der Waals surface area (Å²) < 4.78 is 25.1. The lowest BCUT2D eigenvalue weighted by Gasteiger charge is -2.11. The maximum Gasteiger partial charge on any atom is 0.343 e. The summed E-state index contributed by atoms with van der Waals surface area (Å²) in [6.45, 7) is 4.42. The number of benzene rings is 3. The normalized spacial score (nSPS) is 11.8. The van der Waals surface area contributed by atoms with Crippen molar-refractivity contribution in [3.05, 3.63) is 83.9 Å². The summed E-state index contributed by atoms with van der Waals surface area (Å²) in [5.74, 6) is 0.840. The van der Waals surface area contributed by atoms with Crippen LogP contribution in [0.2, 0.25) is 0 Å². The van der Waals surface area contributed by atoms with Gasteiger partial charge in [-0.25, -0.2) is 9.18 Å². The fraction of sp³-hybridized carbons (Fsp3) is 0.424. The summed E-state index contributed by atoms with van der Waals surface area (Å²) in [6, 6.07) is 22.8. The number of carbonyl (C=O) groups excluding carboxylic acids is 1. The van der Waals surface area contributed by atoms with E-state index in [9.17, 15) is 9.18 Å². The summed E-state index contributed by atoms with van der Waals surface area (Å²) in [5.41, 5.74) is 3.75. The first-order chi connectivity index (χ1) is 18.1. The van der Waals surface area contributed by atoms with Gasteiger partial charge in [0.25, 0.3) is 0 Å². The molecule has 0 radical (unpaired) electrons. The quantitative estimate of drug-likeness (QED) is 0.111. The molecule has 0 N–H and O–H groups in total. The number of halogens is 1. The molecule has 37 heavy (non-hydrogen) atoms. The van der Waals surface area contributed by atoms with Crippen molar-refractivity contribution in [2.75, 3.05) is 6.61 Å². The van der Waals surface area contributed by atoms with Gasteiger partial charge in [-0.3, -0.25) is 0 Å². The third-order valence-electron chi connectivity index (χ3n) is 6.56. The molecule has 0 heterocycles. The molecule has 3 aromatic rings. The highest BCUT2D eigenvalue weighted by Gasteiger charge is 2.10. The van der Waals surface area contributed by atoms with E-state index in [-0.39, 0.29) is 12.6 Å². The zero-order chi connectivity index (χ0) is 26.3. The molecular formula is C33H41FO3. The third kappa shape index (κ3) is 10.0. The molecule has 0 aliphatic carbocycles. The van der Waals surface area contributed by atoms with Gasteiger partial charge >= 0.3 is 5.97 Å². The van der Waals surface area contributed by atoms with Crippen molar-refractivity contribution in [1.29, 1.82) is 0 Å². The molecule has 0 saturated carbocycles. The lowest BCUT2D eigenvalue weighted by atomic mass is 10.0. The molecule has 0 aromatic heterocycles. The second-order valence-corrected chi connectivity index (χ2v) is 9.70. The molecule has 1 unspecified atom stereocenters. The van der Waals surface area contributed by atoms with Crippen molar-refractivity contribution in [2.45, 2.75) is 84.2 Å². The molecule has 3 nitrogen and oxygen atoms in total. The number of hydrogen-bond donors (Lipinski definition) is 0. The molecule has 0 saturated heterocycles. The van der Waals surface area contributed by atoms with Crippen molar-refractivity contribution in [3.8, 4) is 22.6 Å². The number of carbonyl (C=O) groups is 1. The minimum atomic E-state index is -0.934. The van der Waals surface area contributed by atoms with Crippen molar-refractivity contribution >= 4 is 5.97 Å². The average Bonchev–Trinajstić information content (AvgIpc) is 2.93. The Labute approximate surface area is 222 Å². The Kier molecular flexibility index (Phi) is 12.2. The molecule has 0 amide bonds. The zero-order valence-electron chi connectivity index (χ0n) is 22.4. The molecule has 0 spiro atoms. The summed E-state index contributed by atoms with van der Waals surface area (Å²) in [7, 11) is 0. The number of unbranched alkanes of at least 4 members (excludes halogenated alkanes) is 6. The maximum absolute atomic E-state index is 13.9. The van der Waals surface area contributed by atoms with Crippen LogP contribution in [0, 0.1) is 0 Å². The first-order valence-electron chi connectivity index (χ1n) is 13.9. The van der Waals surface area contributed by atoms with Crippen LogP contribution in [0.3, 0.4) is 0 Å². The average molecular weight is 505 g/mol. The Balaban J connectivity index is 1.46. The minimum absolute atomic E-state index is 0.0850. The zero-order valence-corrected chi connectivity index (χ0v) is 22.4. The molecule has 198 valence electrons. The van der Waals surface area contributed by atoms with Gasteiger partial charge in [0.05, 0.1) is 5.56 Å². The highest BCUT2D eigenvalue weighted by molar-refractivity contribution is 5.91. The maximum atomic E-state index is 13.9.